The first-order valence-electron chi connectivity index (χ1n) is 6.56. The van der Waals surface area contributed by atoms with Crippen molar-refractivity contribution in [1.82, 2.24) is 10.6 Å². The van der Waals surface area contributed by atoms with Crippen LogP contribution in [0.25, 0.3) is 0 Å². The molecule has 1 heterocycles. The molecule has 0 spiro atoms. The Bertz CT molecular complexity index is 495. The third-order valence-electron chi connectivity index (χ3n) is 3.46. The number of methoxy groups -OCH3 is 1. The van der Waals surface area contributed by atoms with E-state index in [2.05, 4.69) is 26.6 Å². The van der Waals surface area contributed by atoms with Crippen molar-refractivity contribution in [3.63, 3.8) is 0 Å². The van der Waals surface area contributed by atoms with Gasteiger partial charge in [0.25, 0.3) is 0 Å². The molecular formula is C14H19BrN2O3. The Morgan fingerprint density at radius 2 is 2.35 bits per heavy atom. The maximum atomic E-state index is 12.1. The Balaban J connectivity index is 1.99. The maximum absolute atomic E-state index is 12.1. The van der Waals surface area contributed by atoms with Crippen LogP contribution in [0.4, 0.5) is 0 Å². The molecule has 1 fully saturated rings. The molecule has 3 atom stereocenters. The Labute approximate surface area is 126 Å². The minimum Gasteiger partial charge on any atom is -0.496 e. The number of amides is 1. The third kappa shape index (κ3) is 3.50. The zero-order chi connectivity index (χ0) is 14.7. The Kier molecular flexibility index (Phi) is 5.01. The number of β-amino-alcohol motifs (C(OH)–C–C–N with tert-alkyl or cyclic N) is 1. The van der Waals surface area contributed by atoms with E-state index >= 15 is 0 Å². The van der Waals surface area contributed by atoms with Crippen molar-refractivity contribution in [1.29, 1.82) is 0 Å². The molecule has 0 unspecified atom stereocenters. The van der Waals surface area contributed by atoms with E-state index in [0.717, 1.165) is 15.8 Å². The number of carbonyl (C=O) groups is 1. The van der Waals surface area contributed by atoms with E-state index in [1.165, 1.54) is 0 Å². The monoisotopic (exact) mass is 342 g/mol. The van der Waals surface area contributed by atoms with E-state index in [0.29, 0.717) is 13.0 Å². The van der Waals surface area contributed by atoms with Gasteiger partial charge >= 0.3 is 0 Å². The van der Waals surface area contributed by atoms with E-state index in [-0.39, 0.29) is 18.0 Å². The summed E-state index contributed by atoms with van der Waals surface area (Å²) in [7, 11) is 1.61. The molecule has 1 amide bonds. The largest absolute Gasteiger partial charge is 0.496 e. The first kappa shape index (κ1) is 15.3. The van der Waals surface area contributed by atoms with Gasteiger partial charge < -0.3 is 20.5 Å². The highest BCUT2D eigenvalue weighted by atomic mass is 79.9. The third-order valence-corrected chi connectivity index (χ3v) is 4.08. The van der Waals surface area contributed by atoms with Gasteiger partial charge in [0.1, 0.15) is 5.75 Å². The lowest BCUT2D eigenvalue weighted by Gasteiger charge is -2.18. The average Bonchev–Trinajstić information content (AvgIpc) is 2.85. The van der Waals surface area contributed by atoms with Crippen LogP contribution < -0.4 is 15.4 Å². The van der Waals surface area contributed by atoms with Gasteiger partial charge in [0, 0.05) is 6.54 Å². The molecule has 5 nitrogen and oxygen atoms in total. The van der Waals surface area contributed by atoms with Gasteiger partial charge in [-0.1, -0.05) is 6.07 Å². The smallest absolute Gasteiger partial charge is 0.237 e. The van der Waals surface area contributed by atoms with Crippen LogP contribution in [0.15, 0.2) is 22.7 Å². The van der Waals surface area contributed by atoms with Crippen LogP contribution in [0, 0.1) is 0 Å². The molecule has 0 saturated carbocycles. The number of benzene rings is 1. The molecule has 0 radical (unpaired) electrons. The number of hydrogen-bond donors (Lipinski definition) is 3. The van der Waals surface area contributed by atoms with Crippen LogP contribution in [-0.4, -0.2) is 36.8 Å². The number of rotatable bonds is 4. The summed E-state index contributed by atoms with van der Waals surface area (Å²) in [6.45, 7) is 2.40. The number of ether oxygens (including phenoxy) is 1. The van der Waals surface area contributed by atoms with Crippen molar-refractivity contribution in [2.75, 3.05) is 13.7 Å². The molecule has 2 rings (SSSR count). The standard InChI is InChI=1S/C14H19BrN2O3/c1-8(9-3-4-13(20-2)11(15)5-9)17-14(19)12-6-10(18)7-16-12/h3-5,8,10,12,16,18H,6-7H2,1-2H3,(H,17,19)/t8-,10-,12-/m0/s1. The normalized spacial score (nSPS) is 23.4. The van der Waals surface area contributed by atoms with Crippen molar-refractivity contribution in [3.8, 4) is 5.75 Å². The van der Waals surface area contributed by atoms with E-state index in [1.54, 1.807) is 7.11 Å². The molecule has 1 aromatic rings. The number of nitrogens with one attached hydrogen (secondary N) is 2. The van der Waals surface area contributed by atoms with Crippen molar-refractivity contribution >= 4 is 21.8 Å². The van der Waals surface area contributed by atoms with Crippen LogP contribution in [-0.2, 0) is 4.79 Å². The Morgan fingerprint density at radius 1 is 1.60 bits per heavy atom. The van der Waals surface area contributed by atoms with Crippen LogP contribution in [0.5, 0.6) is 5.75 Å². The van der Waals surface area contributed by atoms with Crippen LogP contribution in [0.2, 0.25) is 0 Å². The number of aliphatic hydroxyl groups excluding tert-OH is 1. The van der Waals surface area contributed by atoms with Crippen molar-refractivity contribution < 1.29 is 14.6 Å². The second kappa shape index (κ2) is 6.56. The second-order valence-corrected chi connectivity index (χ2v) is 5.83. The molecule has 0 aromatic heterocycles. The number of halogens is 1. The summed E-state index contributed by atoms with van der Waals surface area (Å²) >= 11 is 3.43. The molecule has 0 aliphatic carbocycles. The molecule has 1 aromatic carbocycles. The van der Waals surface area contributed by atoms with Crippen LogP contribution >= 0.6 is 15.9 Å². The van der Waals surface area contributed by atoms with Crippen LogP contribution in [0.1, 0.15) is 24.9 Å². The van der Waals surface area contributed by atoms with Gasteiger partial charge in [-0.25, -0.2) is 0 Å². The van der Waals surface area contributed by atoms with E-state index in [9.17, 15) is 9.90 Å². The zero-order valence-electron chi connectivity index (χ0n) is 11.5. The minimum atomic E-state index is -0.434. The highest BCUT2D eigenvalue weighted by Crippen LogP contribution is 2.28. The summed E-state index contributed by atoms with van der Waals surface area (Å²) in [5.41, 5.74) is 0.990. The highest BCUT2D eigenvalue weighted by Gasteiger charge is 2.28. The fourth-order valence-corrected chi connectivity index (χ4v) is 2.82. The summed E-state index contributed by atoms with van der Waals surface area (Å²) in [6, 6.07) is 5.30. The second-order valence-electron chi connectivity index (χ2n) is 4.97. The van der Waals surface area contributed by atoms with Gasteiger partial charge in [-0.2, -0.15) is 0 Å². The highest BCUT2D eigenvalue weighted by molar-refractivity contribution is 9.10. The van der Waals surface area contributed by atoms with Crippen molar-refractivity contribution in [3.05, 3.63) is 28.2 Å². The number of carbonyl (C=O) groups excluding carboxylic acids is 1. The predicted octanol–water partition coefficient (Wildman–Crippen LogP) is 1.36. The Morgan fingerprint density at radius 3 is 2.90 bits per heavy atom. The summed E-state index contributed by atoms with van der Waals surface area (Å²) in [4.78, 5) is 12.1. The molecule has 1 aliphatic heterocycles. The molecule has 110 valence electrons. The van der Waals surface area contributed by atoms with Gasteiger partial charge in [0.05, 0.1) is 29.8 Å². The summed E-state index contributed by atoms with van der Waals surface area (Å²) in [5, 5.41) is 15.4. The Hall–Kier alpha value is -1.11. The molecule has 1 saturated heterocycles. The molecule has 0 bridgehead atoms. The lowest BCUT2D eigenvalue weighted by Crippen LogP contribution is -2.41. The zero-order valence-corrected chi connectivity index (χ0v) is 13.1. The number of hydrogen-bond acceptors (Lipinski definition) is 4. The van der Waals surface area contributed by atoms with E-state index < -0.39 is 6.10 Å². The summed E-state index contributed by atoms with van der Waals surface area (Å²) in [5.74, 6) is 0.675. The van der Waals surface area contributed by atoms with E-state index in [1.807, 2.05) is 25.1 Å². The van der Waals surface area contributed by atoms with Crippen molar-refractivity contribution in [2.45, 2.75) is 31.5 Å². The minimum absolute atomic E-state index is 0.0824. The molecule has 1 aliphatic rings. The average molecular weight is 343 g/mol. The van der Waals surface area contributed by atoms with Gasteiger partial charge in [-0.3, -0.25) is 4.79 Å². The molecule has 20 heavy (non-hydrogen) atoms. The lowest BCUT2D eigenvalue weighted by atomic mass is 10.1. The topological polar surface area (TPSA) is 70.6 Å². The lowest BCUT2D eigenvalue weighted by molar-refractivity contribution is -0.123. The molecular weight excluding hydrogens is 324 g/mol. The number of aliphatic hydroxyl groups is 1. The fourth-order valence-electron chi connectivity index (χ4n) is 2.27. The fraction of sp³-hybridized carbons (Fsp3) is 0.500. The maximum Gasteiger partial charge on any atom is 0.237 e. The predicted molar refractivity (Wildman–Crippen MR) is 79.7 cm³/mol. The van der Waals surface area contributed by atoms with Gasteiger partial charge in [-0.05, 0) is 47.0 Å². The van der Waals surface area contributed by atoms with Gasteiger partial charge in [0.2, 0.25) is 5.91 Å². The first-order chi connectivity index (χ1) is 9.51. The van der Waals surface area contributed by atoms with Gasteiger partial charge in [0.15, 0.2) is 0 Å². The van der Waals surface area contributed by atoms with Crippen molar-refractivity contribution in [2.24, 2.45) is 0 Å². The summed E-state index contributed by atoms with van der Waals surface area (Å²) in [6.07, 6.45) is 0.0291. The SMILES string of the molecule is COc1ccc([C@H](C)NC(=O)[C@@H]2C[C@H](O)CN2)cc1Br. The van der Waals surface area contributed by atoms with Gasteiger partial charge in [-0.15, -0.1) is 0 Å². The first-order valence-corrected chi connectivity index (χ1v) is 7.36. The molecule has 3 N–H and O–H groups in total. The van der Waals surface area contributed by atoms with Crippen LogP contribution in [0.3, 0.4) is 0 Å². The quantitative estimate of drug-likeness (QED) is 0.772. The molecule has 6 heteroatoms. The summed E-state index contributed by atoms with van der Waals surface area (Å²) < 4.78 is 6.04. The van der Waals surface area contributed by atoms with E-state index in [4.69, 9.17) is 4.74 Å².